The number of amides is 2. The fraction of sp³-hybridized carbons (Fsp3) is 0.778. The number of rotatable bonds is 13. The minimum Gasteiger partial charge on any atom is -0.480 e. The molecule has 0 aliphatic rings. The van der Waals surface area contributed by atoms with E-state index in [-0.39, 0.29) is 17.8 Å². The number of nitrogens with two attached hydrogens (primary N) is 3. The molecule has 10 nitrogen and oxygen atoms in total. The molecule has 0 rings (SSSR count). The fourth-order valence-electron chi connectivity index (χ4n) is 2.57. The van der Waals surface area contributed by atoms with E-state index in [0.717, 1.165) is 0 Å². The van der Waals surface area contributed by atoms with Gasteiger partial charge in [0.25, 0.3) is 0 Å². The van der Waals surface area contributed by atoms with Gasteiger partial charge in [0.05, 0.1) is 6.04 Å². The van der Waals surface area contributed by atoms with Gasteiger partial charge in [0.15, 0.2) is 5.96 Å². The van der Waals surface area contributed by atoms with Gasteiger partial charge in [-0.1, -0.05) is 34.1 Å². The number of carboxylic acid groups (broad SMARTS) is 1. The first-order valence-electron chi connectivity index (χ1n) is 9.64. The standard InChI is InChI=1S/C18H36N6O4/c1-5-11(4)14(17(27)28)24-16(26)13(9-10(2)3)23-15(25)12(19)7-6-8-22-18(20)21/h10-14H,5-9,19H2,1-4H3,(H,23,25)(H,24,26)(H,27,28)(H4,20,21,22)/t11-,12-,13-,14-/m0/s1. The van der Waals surface area contributed by atoms with Gasteiger partial charge < -0.3 is 32.9 Å². The lowest BCUT2D eigenvalue weighted by Crippen LogP contribution is -2.55. The molecule has 0 aromatic heterocycles. The number of guanidine groups is 1. The zero-order valence-corrected chi connectivity index (χ0v) is 17.3. The van der Waals surface area contributed by atoms with E-state index in [1.807, 2.05) is 20.8 Å². The Bertz CT molecular complexity index is 548. The highest BCUT2D eigenvalue weighted by Crippen LogP contribution is 2.11. The summed E-state index contributed by atoms with van der Waals surface area (Å²) in [5.74, 6) is -2.26. The predicted octanol–water partition coefficient (Wildman–Crippen LogP) is -0.486. The van der Waals surface area contributed by atoms with Crippen LogP contribution in [0.2, 0.25) is 0 Å². The highest BCUT2D eigenvalue weighted by molar-refractivity contribution is 5.91. The number of carbonyl (C=O) groups excluding carboxylic acids is 2. The third kappa shape index (κ3) is 10.1. The minimum atomic E-state index is -1.10. The summed E-state index contributed by atoms with van der Waals surface area (Å²) in [6, 6.07) is -2.69. The number of carbonyl (C=O) groups is 3. The number of aliphatic carboxylic acids is 1. The van der Waals surface area contributed by atoms with Crippen LogP contribution in [-0.4, -0.2) is 53.5 Å². The van der Waals surface area contributed by atoms with Crippen LogP contribution in [0.25, 0.3) is 0 Å². The van der Waals surface area contributed by atoms with Crippen LogP contribution >= 0.6 is 0 Å². The van der Waals surface area contributed by atoms with Gasteiger partial charge >= 0.3 is 5.97 Å². The Morgan fingerprint density at radius 2 is 1.68 bits per heavy atom. The van der Waals surface area contributed by atoms with Gasteiger partial charge in [-0.15, -0.1) is 0 Å². The highest BCUT2D eigenvalue weighted by Gasteiger charge is 2.30. The first-order valence-corrected chi connectivity index (χ1v) is 9.64. The summed E-state index contributed by atoms with van der Waals surface area (Å²) < 4.78 is 0. The van der Waals surface area contributed by atoms with Crippen LogP contribution in [-0.2, 0) is 14.4 Å². The van der Waals surface area contributed by atoms with E-state index in [0.29, 0.717) is 32.2 Å². The van der Waals surface area contributed by atoms with E-state index >= 15 is 0 Å². The highest BCUT2D eigenvalue weighted by atomic mass is 16.4. The molecular formula is C18H36N6O4. The maximum absolute atomic E-state index is 12.6. The van der Waals surface area contributed by atoms with E-state index in [9.17, 15) is 19.5 Å². The van der Waals surface area contributed by atoms with Crippen molar-refractivity contribution < 1.29 is 19.5 Å². The minimum absolute atomic E-state index is 0.0269. The molecule has 0 saturated heterocycles. The lowest BCUT2D eigenvalue weighted by Gasteiger charge is -2.26. The quantitative estimate of drug-likeness (QED) is 0.137. The Morgan fingerprint density at radius 1 is 1.07 bits per heavy atom. The van der Waals surface area contributed by atoms with Crippen LogP contribution in [0.15, 0.2) is 4.99 Å². The van der Waals surface area contributed by atoms with Crippen LogP contribution in [0.4, 0.5) is 0 Å². The lowest BCUT2D eigenvalue weighted by molar-refractivity contribution is -0.143. The zero-order chi connectivity index (χ0) is 21.9. The molecule has 0 aliphatic heterocycles. The molecule has 0 radical (unpaired) electrons. The topological polar surface area (TPSA) is 186 Å². The third-order valence-corrected chi connectivity index (χ3v) is 4.42. The van der Waals surface area contributed by atoms with Gasteiger partial charge in [0.2, 0.25) is 11.8 Å². The van der Waals surface area contributed by atoms with Gasteiger partial charge in [-0.3, -0.25) is 14.6 Å². The smallest absolute Gasteiger partial charge is 0.326 e. The maximum Gasteiger partial charge on any atom is 0.326 e. The third-order valence-electron chi connectivity index (χ3n) is 4.42. The van der Waals surface area contributed by atoms with Gasteiger partial charge in [0, 0.05) is 6.54 Å². The van der Waals surface area contributed by atoms with Crippen LogP contribution in [0, 0.1) is 11.8 Å². The summed E-state index contributed by atoms with van der Waals surface area (Å²) in [7, 11) is 0. The van der Waals surface area contributed by atoms with Gasteiger partial charge in [-0.2, -0.15) is 0 Å². The molecule has 0 aliphatic carbocycles. The average molecular weight is 401 g/mol. The van der Waals surface area contributed by atoms with Crippen LogP contribution in [0.1, 0.15) is 53.4 Å². The van der Waals surface area contributed by atoms with Crippen molar-refractivity contribution in [3.8, 4) is 0 Å². The van der Waals surface area contributed by atoms with E-state index in [1.165, 1.54) is 0 Å². The molecule has 0 saturated carbocycles. The van der Waals surface area contributed by atoms with Crippen molar-refractivity contribution >= 4 is 23.7 Å². The molecule has 2 amide bonds. The monoisotopic (exact) mass is 400 g/mol. The number of nitrogens with zero attached hydrogens (tertiary/aromatic N) is 1. The van der Waals surface area contributed by atoms with Crippen molar-refractivity contribution in [3.05, 3.63) is 0 Å². The van der Waals surface area contributed by atoms with Gasteiger partial charge in [-0.25, -0.2) is 4.79 Å². The summed E-state index contributed by atoms with van der Waals surface area (Å²) in [5, 5.41) is 14.6. The van der Waals surface area contributed by atoms with Crippen molar-refractivity contribution in [2.75, 3.05) is 6.54 Å². The van der Waals surface area contributed by atoms with Gasteiger partial charge in [-0.05, 0) is 31.1 Å². The SMILES string of the molecule is CC[C@H](C)[C@H](NC(=O)[C@H](CC(C)C)NC(=O)[C@@H](N)CCCN=C(N)N)C(=O)O. The molecule has 0 heterocycles. The van der Waals surface area contributed by atoms with Crippen molar-refractivity contribution in [2.24, 2.45) is 34.0 Å². The van der Waals surface area contributed by atoms with Crippen molar-refractivity contribution in [1.82, 2.24) is 10.6 Å². The summed E-state index contributed by atoms with van der Waals surface area (Å²) in [4.78, 5) is 40.3. The molecule has 0 fully saturated rings. The van der Waals surface area contributed by atoms with E-state index in [2.05, 4.69) is 15.6 Å². The molecule has 0 spiro atoms. The van der Waals surface area contributed by atoms with E-state index in [1.54, 1.807) is 6.92 Å². The molecule has 0 aromatic carbocycles. The van der Waals surface area contributed by atoms with Crippen molar-refractivity contribution in [1.29, 1.82) is 0 Å². The normalized spacial score (nSPS) is 15.2. The predicted molar refractivity (Wildman–Crippen MR) is 108 cm³/mol. The molecule has 9 N–H and O–H groups in total. The first kappa shape index (κ1) is 25.6. The number of nitrogens with one attached hydrogen (secondary N) is 2. The second-order valence-electron chi connectivity index (χ2n) is 7.46. The second kappa shape index (κ2) is 12.9. The molecule has 0 unspecified atom stereocenters. The lowest BCUT2D eigenvalue weighted by atomic mass is 9.97. The number of hydrogen-bond donors (Lipinski definition) is 6. The largest absolute Gasteiger partial charge is 0.480 e. The first-order chi connectivity index (χ1) is 13.0. The van der Waals surface area contributed by atoms with Crippen LogP contribution in [0.3, 0.4) is 0 Å². The second-order valence-corrected chi connectivity index (χ2v) is 7.46. The van der Waals surface area contributed by atoms with Crippen LogP contribution < -0.4 is 27.8 Å². The van der Waals surface area contributed by atoms with E-state index in [4.69, 9.17) is 17.2 Å². The molecule has 0 bridgehead atoms. The van der Waals surface area contributed by atoms with Gasteiger partial charge in [0.1, 0.15) is 12.1 Å². The van der Waals surface area contributed by atoms with E-state index < -0.39 is 35.9 Å². The number of carboxylic acids is 1. The Balaban J connectivity index is 4.96. The Labute approximate surface area is 166 Å². The molecule has 0 aromatic rings. The molecule has 4 atom stereocenters. The summed E-state index contributed by atoms with van der Waals surface area (Å²) >= 11 is 0. The Kier molecular flexibility index (Phi) is 11.8. The van der Waals surface area contributed by atoms with Crippen molar-refractivity contribution in [2.45, 2.75) is 71.5 Å². The zero-order valence-electron chi connectivity index (χ0n) is 17.3. The summed E-state index contributed by atoms with van der Waals surface area (Å²) in [5.41, 5.74) is 16.4. The maximum atomic E-state index is 12.6. The number of hydrogen-bond acceptors (Lipinski definition) is 5. The number of aliphatic imine (C=N–C) groups is 1. The molecule has 162 valence electrons. The summed E-state index contributed by atoms with van der Waals surface area (Å²) in [6.45, 7) is 7.77. The van der Waals surface area contributed by atoms with Crippen LogP contribution in [0.5, 0.6) is 0 Å². The molecular weight excluding hydrogens is 364 g/mol. The Morgan fingerprint density at radius 3 is 2.14 bits per heavy atom. The molecule has 28 heavy (non-hydrogen) atoms. The Hall–Kier alpha value is -2.36. The van der Waals surface area contributed by atoms with Crippen molar-refractivity contribution in [3.63, 3.8) is 0 Å². The summed E-state index contributed by atoms with van der Waals surface area (Å²) in [6.07, 6.45) is 1.83. The fourth-order valence-corrected chi connectivity index (χ4v) is 2.57. The molecule has 10 heteroatoms. The average Bonchev–Trinajstić information content (AvgIpc) is 2.60.